The van der Waals surface area contributed by atoms with Crippen LogP contribution < -0.4 is 0 Å². The summed E-state index contributed by atoms with van der Waals surface area (Å²) < 4.78 is 5.46. The average Bonchev–Trinajstić information content (AvgIpc) is 2.56. The molecule has 2 aromatic rings. The predicted molar refractivity (Wildman–Crippen MR) is 62.3 cm³/mol. The lowest BCUT2D eigenvalue weighted by atomic mass is 10.0. The maximum atomic E-state index is 9.92. The first-order valence-corrected chi connectivity index (χ1v) is 5.48. The van der Waals surface area contributed by atoms with E-state index in [0.717, 1.165) is 0 Å². The van der Waals surface area contributed by atoms with Gasteiger partial charge in [-0.05, 0) is 24.5 Å². The van der Waals surface area contributed by atoms with Crippen molar-refractivity contribution in [3.63, 3.8) is 0 Å². The molecule has 0 aliphatic heterocycles. The largest absolute Gasteiger partial charge is 0.504 e. The van der Waals surface area contributed by atoms with Crippen molar-refractivity contribution in [1.82, 2.24) is 0 Å². The van der Waals surface area contributed by atoms with Crippen molar-refractivity contribution in [2.75, 3.05) is 0 Å². The number of hydrogen-bond acceptors (Lipinski definition) is 3. The number of hydrogen-bond donors (Lipinski definition) is 2. The van der Waals surface area contributed by atoms with Gasteiger partial charge in [0.05, 0.1) is 5.39 Å². The third-order valence-corrected chi connectivity index (χ3v) is 2.59. The van der Waals surface area contributed by atoms with Crippen molar-refractivity contribution in [1.29, 1.82) is 0 Å². The first-order chi connectivity index (χ1) is 7.59. The van der Waals surface area contributed by atoms with E-state index >= 15 is 0 Å². The fraction of sp³-hybridized carbons (Fsp3) is 0.385. The molecule has 0 fully saturated rings. The fourth-order valence-corrected chi connectivity index (χ4v) is 1.83. The van der Waals surface area contributed by atoms with Crippen molar-refractivity contribution >= 4 is 11.0 Å². The van der Waals surface area contributed by atoms with Crippen LogP contribution in [0.5, 0.6) is 5.75 Å². The van der Waals surface area contributed by atoms with Gasteiger partial charge in [0.15, 0.2) is 11.5 Å². The molecule has 0 bridgehead atoms. The summed E-state index contributed by atoms with van der Waals surface area (Å²) in [7, 11) is 0. The van der Waals surface area contributed by atoms with Gasteiger partial charge in [0, 0.05) is 0 Å². The average molecular weight is 220 g/mol. The summed E-state index contributed by atoms with van der Waals surface area (Å²) >= 11 is 0. The van der Waals surface area contributed by atoms with E-state index in [0.29, 0.717) is 23.3 Å². The second-order valence-electron chi connectivity index (χ2n) is 4.46. The molecule has 1 aromatic heterocycles. The summed E-state index contributed by atoms with van der Waals surface area (Å²) in [4.78, 5) is 0. The van der Waals surface area contributed by atoms with Crippen molar-refractivity contribution in [3.8, 4) is 5.75 Å². The molecule has 0 spiro atoms. The van der Waals surface area contributed by atoms with E-state index in [9.17, 15) is 10.2 Å². The van der Waals surface area contributed by atoms with Gasteiger partial charge in [-0.2, -0.15) is 0 Å². The van der Waals surface area contributed by atoms with Gasteiger partial charge in [-0.1, -0.05) is 26.0 Å². The molecule has 0 radical (unpaired) electrons. The van der Waals surface area contributed by atoms with Gasteiger partial charge >= 0.3 is 0 Å². The summed E-state index contributed by atoms with van der Waals surface area (Å²) in [6, 6.07) is 7.22. The molecule has 0 aliphatic carbocycles. The fourth-order valence-electron chi connectivity index (χ4n) is 1.83. The van der Waals surface area contributed by atoms with E-state index in [2.05, 4.69) is 0 Å². The summed E-state index contributed by atoms with van der Waals surface area (Å²) in [5, 5.41) is 20.5. The van der Waals surface area contributed by atoms with E-state index in [1.54, 1.807) is 12.1 Å². The monoisotopic (exact) mass is 220 g/mol. The molecule has 0 saturated heterocycles. The number of furan rings is 1. The molecule has 0 amide bonds. The Morgan fingerprint density at radius 3 is 2.56 bits per heavy atom. The molecule has 1 atom stereocenters. The topological polar surface area (TPSA) is 53.6 Å². The van der Waals surface area contributed by atoms with Gasteiger partial charge in [-0.25, -0.2) is 0 Å². The Kier molecular flexibility index (Phi) is 2.88. The molecule has 1 unspecified atom stereocenters. The smallest absolute Gasteiger partial charge is 0.175 e. The van der Waals surface area contributed by atoms with Crippen LogP contribution in [0.25, 0.3) is 11.0 Å². The minimum absolute atomic E-state index is 0.0590. The number of para-hydroxylation sites is 1. The van der Waals surface area contributed by atoms with Gasteiger partial charge in [0.2, 0.25) is 0 Å². The standard InChI is InChI=1S/C13H16O3/c1-8(2)7-10(14)13-12(15)9-5-3-4-6-11(9)16-13/h3-6,8,10,14-15H,7H2,1-2H3. The number of rotatable bonds is 3. The molecule has 0 aliphatic rings. The quantitative estimate of drug-likeness (QED) is 0.835. The molecule has 3 nitrogen and oxygen atoms in total. The van der Waals surface area contributed by atoms with Crippen molar-refractivity contribution in [2.45, 2.75) is 26.4 Å². The lowest BCUT2D eigenvalue weighted by Gasteiger charge is -2.10. The van der Waals surface area contributed by atoms with E-state index in [4.69, 9.17) is 4.42 Å². The number of aliphatic hydroxyl groups excluding tert-OH is 1. The highest BCUT2D eigenvalue weighted by Gasteiger charge is 2.20. The summed E-state index contributed by atoms with van der Waals surface area (Å²) in [6.45, 7) is 4.03. The zero-order chi connectivity index (χ0) is 11.7. The van der Waals surface area contributed by atoms with Gasteiger partial charge in [-0.15, -0.1) is 0 Å². The first kappa shape index (κ1) is 11.0. The second kappa shape index (κ2) is 4.18. The Labute approximate surface area is 94.3 Å². The van der Waals surface area contributed by atoms with Crippen LogP contribution in [-0.4, -0.2) is 10.2 Å². The van der Waals surface area contributed by atoms with Crippen molar-refractivity contribution in [2.24, 2.45) is 5.92 Å². The molecular weight excluding hydrogens is 204 g/mol. The highest BCUT2D eigenvalue weighted by Crippen LogP contribution is 2.37. The van der Waals surface area contributed by atoms with Gasteiger partial charge in [-0.3, -0.25) is 0 Å². The third-order valence-electron chi connectivity index (χ3n) is 2.59. The molecule has 1 aromatic carbocycles. The number of aromatic hydroxyl groups is 1. The highest BCUT2D eigenvalue weighted by atomic mass is 16.4. The molecule has 0 saturated carbocycles. The van der Waals surface area contributed by atoms with Crippen LogP contribution in [0.1, 0.15) is 32.1 Å². The van der Waals surface area contributed by atoms with Crippen molar-refractivity contribution in [3.05, 3.63) is 30.0 Å². The minimum atomic E-state index is -0.743. The zero-order valence-electron chi connectivity index (χ0n) is 9.47. The summed E-state index contributed by atoms with van der Waals surface area (Å²) in [5.41, 5.74) is 0.609. The van der Waals surface area contributed by atoms with Crippen molar-refractivity contribution < 1.29 is 14.6 Å². The maximum Gasteiger partial charge on any atom is 0.175 e. The minimum Gasteiger partial charge on any atom is -0.504 e. The van der Waals surface area contributed by atoms with Crippen LogP contribution >= 0.6 is 0 Å². The Hall–Kier alpha value is -1.48. The van der Waals surface area contributed by atoms with Crippen LogP contribution in [0.15, 0.2) is 28.7 Å². The van der Waals surface area contributed by atoms with Crippen LogP contribution in [0.3, 0.4) is 0 Å². The maximum absolute atomic E-state index is 9.92. The first-order valence-electron chi connectivity index (χ1n) is 5.48. The van der Waals surface area contributed by atoms with Gasteiger partial charge < -0.3 is 14.6 Å². The van der Waals surface area contributed by atoms with E-state index in [-0.39, 0.29) is 11.5 Å². The third kappa shape index (κ3) is 1.91. The summed E-state index contributed by atoms with van der Waals surface area (Å²) in [6.07, 6.45) is -0.166. The highest BCUT2D eigenvalue weighted by molar-refractivity contribution is 5.85. The molecule has 2 rings (SSSR count). The molecule has 3 heteroatoms. The Bertz CT molecular complexity index is 485. The van der Waals surface area contributed by atoms with Crippen LogP contribution in [0.4, 0.5) is 0 Å². The van der Waals surface area contributed by atoms with Crippen LogP contribution in [0, 0.1) is 5.92 Å². The second-order valence-corrected chi connectivity index (χ2v) is 4.46. The molecule has 86 valence electrons. The van der Waals surface area contributed by atoms with E-state index in [1.165, 1.54) is 0 Å². The van der Waals surface area contributed by atoms with Gasteiger partial charge in [0.1, 0.15) is 11.7 Å². The number of fused-ring (bicyclic) bond motifs is 1. The Balaban J connectivity index is 2.41. The number of benzene rings is 1. The van der Waals surface area contributed by atoms with E-state index in [1.807, 2.05) is 26.0 Å². The lowest BCUT2D eigenvalue weighted by molar-refractivity contribution is 0.124. The predicted octanol–water partition coefficient (Wildman–Crippen LogP) is 3.22. The Morgan fingerprint density at radius 1 is 1.25 bits per heavy atom. The molecular formula is C13H16O3. The summed E-state index contributed by atoms with van der Waals surface area (Å²) in [5.74, 6) is 0.682. The molecule has 16 heavy (non-hydrogen) atoms. The SMILES string of the molecule is CC(C)CC(O)c1oc2ccccc2c1O. The normalized spacial score (nSPS) is 13.5. The van der Waals surface area contributed by atoms with E-state index < -0.39 is 6.10 Å². The Morgan fingerprint density at radius 2 is 1.94 bits per heavy atom. The van der Waals surface area contributed by atoms with Crippen LogP contribution in [0.2, 0.25) is 0 Å². The van der Waals surface area contributed by atoms with Crippen LogP contribution in [-0.2, 0) is 0 Å². The zero-order valence-corrected chi connectivity index (χ0v) is 9.47. The molecule has 2 N–H and O–H groups in total. The lowest BCUT2D eigenvalue weighted by Crippen LogP contribution is -2.00. The number of aliphatic hydroxyl groups is 1. The van der Waals surface area contributed by atoms with Gasteiger partial charge in [0.25, 0.3) is 0 Å². The molecule has 1 heterocycles.